The molecule has 0 saturated heterocycles. The normalized spacial score (nSPS) is 12.2. The molecule has 1 heterocycles. The Morgan fingerprint density at radius 1 is 1.26 bits per heavy atom. The van der Waals surface area contributed by atoms with Crippen LogP contribution in [-0.2, 0) is 11.4 Å². The molecule has 162 valence electrons. The first-order chi connectivity index (χ1) is 14.9. The summed E-state index contributed by atoms with van der Waals surface area (Å²) in [6, 6.07) is 7.39. The van der Waals surface area contributed by atoms with Crippen LogP contribution in [0.2, 0.25) is 0 Å². The van der Waals surface area contributed by atoms with Crippen molar-refractivity contribution in [2.45, 2.75) is 19.6 Å². The van der Waals surface area contributed by atoms with Crippen molar-refractivity contribution in [2.24, 2.45) is 0 Å². The number of amides is 1. The van der Waals surface area contributed by atoms with E-state index in [2.05, 4.69) is 10.3 Å². The van der Waals surface area contributed by atoms with Crippen LogP contribution >= 0.6 is 11.3 Å². The number of carbonyl (C=O) groups is 1. The van der Waals surface area contributed by atoms with E-state index in [4.69, 9.17) is 4.74 Å². The molecule has 0 saturated carbocycles. The van der Waals surface area contributed by atoms with Crippen LogP contribution in [0.1, 0.15) is 27.9 Å². The number of nitrogens with one attached hydrogen (secondary N) is 1. The molecule has 2 N–H and O–H groups in total. The van der Waals surface area contributed by atoms with E-state index in [0.29, 0.717) is 17.9 Å². The molecule has 2 aromatic carbocycles. The molecule has 3 aromatic rings. The first-order valence-electron chi connectivity index (χ1n) is 9.23. The maximum absolute atomic E-state index is 13.4. The summed E-state index contributed by atoms with van der Waals surface area (Å²) in [6.45, 7) is 1.61. The van der Waals surface area contributed by atoms with Crippen molar-refractivity contribution >= 4 is 23.3 Å². The second-order valence-corrected chi connectivity index (χ2v) is 7.66. The Labute approximate surface area is 180 Å². The largest absolute Gasteiger partial charge is 0.487 e. The summed E-state index contributed by atoms with van der Waals surface area (Å²) in [5.74, 6) is -4.42. The van der Waals surface area contributed by atoms with Gasteiger partial charge in [-0.15, -0.1) is 11.3 Å². The van der Waals surface area contributed by atoms with Crippen molar-refractivity contribution in [3.63, 3.8) is 0 Å². The third-order valence-electron chi connectivity index (χ3n) is 4.25. The van der Waals surface area contributed by atoms with Crippen LogP contribution < -0.4 is 10.1 Å². The van der Waals surface area contributed by atoms with Gasteiger partial charge in [-0.3, -0.25) is 4.79 Å². The van der Waals surface area contributed by atoms with E-state index >= 15 is 0 Å². The van der Waals surface area contributed by atoms with Crippen LogP contribution in [0.5, 0.6) is 5.75 Å². The molecule has 31 heavy (non-hydrogen) atoms. The molecule has 5 nitrogen and oxygen atoms in total. The van der Waals surface area contributed by atoms with Crippen molar-refractivity contribution in [2.75, 3.05) is 6.61 Å². The lowest BCUT2D eigenvalue weighted by atomic mass is 10.1. The second kappa shape index (κ2) is 10.2. The Morgan fingerprint density at radius 2 is 2.00 bits per heavy atom. The number of carbonyl (C=O) groups excluding carboxylic acids is 1. The zero-order valence-corrected chi connectivity index (χ0v) is 17.3. The number of aliphatic hydroxyl groups is 1. The molecular weight excluding hydrogens is 429 g/mol. The van der Waals surface area contributed by atoms with Gasteiger partial charge in [0.1, 0.15) is 12.4 Å². The van der Waals surface area contributed by atoms with Gasteiger partial charge < -0.3 is 15.2 Å². The van der Waals surface area contributed by atoms with E-state index in [9.17, 15) is 23.1 Å². The minimum absolute atomic E-state index is 0.0895. The third-order valence-corrected chi connectivity index (χ3v) is 5.07. The highest BCUT2D eigenvalue weighted by Gasteiger charge is 2.18. The number of aryl methyl sites for hydroxylation is 1. The van der Waals surface area contributed by atoms with Crippen molar-refractivity contribution in [3.05, 3.63) is 87.1 Å². The van der Waals surface area contributed by atoms with Gasteiger partial charge in [-0.1, -0.05) is 12.1 Å². The summed E-state index contributed by atoms with van der Waals surface area (Å²) in [7, 11) is 0. The SMILES string of the molecule is Cc1nc(COc2cccc(C=CC(=O)NC(CO)c3cc(F)c(F)c(F)c3)c2)cs1. The second-order valence-electron chi connectivity index (χ2n) is 6.59. The summed E-state index contributed by atoms with van der Waals surface area (Å²) >= 11 is 1.54. The molecule has 1 atom stereocenters. The van der Waals surface area contributed by atoms with Gasteiger partial charge in [0, 0.05) is 11.5 Å². The Bertz CT molecular complexity index is 1080. The number of aliphatic hydroxyl groups excluding tert-OH is 1. The van der Waals surface area contributed by atoms with Crippen molar-refractivity contribution in [3.8, 4) is 5.75 Å². The number of benzene rings is 2. The number of aromatic nitrogens is 1. The minimum Gasteiger partial charge on any atom is -0.487 e. The Morgan fingerprint density at radius 3 is 2.65 bits per heavy atom. The van der Waals surface area contributed by atoms with Crippen molar-refractivity contribution in [1.29, 1.82) is 0 Å². The van der Waals surface area contributed by atoms with Gasteiger partial charge in [-0.2, -0.15) is 0 Å². The molecule has 3 rings (SSSR count). The fourth-order valence-corrected chi connectivity index (χ4v) is 3.34. The van der Waals surface area contributed by atoms with Crippen LogP contribution in [0.4, 0.5) is 13.2 Å². The molecule has 1 amide bonds. The van der Waals surface area contributed by atoms with Gasteiger partial charge in [0.15, 0.2) is 17.5 Å². The fraction of sp³-hybridized carbons (Fsp3) is 0.182. The third kappa shape index (κ3) is 6.16. The quantitative estimate of drug-likeness (QED) is 0.398. The lowest BCUT2D eigenvalue weighted by molar-refractivity contribution is -0.117. The number of rotatable bonds is 8. The van der Waals surface area contributed by atoms with Crippen LogP contribution in [0.3, 0.4) is 0 Å². The molecule has 9 heteroatoms. The first kappa shape index (κ1) is 22.5. The number of hydrogen-bond acceptors (Lipinski definition) is 5. The standard InChI is InChI=1S/C22H19F3N2O3S/c1-13-26-16(12-31-13)11-30-17-4-2-3-14(7-17)5-6-21(29)27-20(10-28)15-8-18(23)22(25)19(24)9-15/h2-9,12,20,28H,10-11H2,1H3,(H,27,29). The van der Waals surface area contributed by atoms with E-state index in [-0.39, 0.29) is 5.56 Å². The zero-order valence-electron chi connectivity index (χ0n) is 16.4. The minimum atomic E-state index is -1.61. The van der Waals surface area contributed by atoms with E-state index in [0.717, 1.165) is 22.8 Å². The number of thiazole rings is 1. The summed E-state index contributed by atoms with van der Waals surface area (Å²) in [5, 5.41) is 14.7. The molecular formula is C22H19F3N2O3S. The van der Waals surface area contributed by atoms with Gasteiger partial charge in [-0.05, 0) is 48.4 Å². The van der Waals surface area contributed by atoms with Crippen LogP contribution in [0.25, 0.3) is 6.08 Å². The van der Waals surface area contributed by atoms with Crippen molar-refractivity contribution in [1.82, 2.24) is 10.3 Å². The molecule has 0 spiro atoms. The van der Waals surface area contributed by atoms with Crippen molar-refractivity contribution < 1.29 is 27.8 Å². The van der Waals surface area contributed by atoms with E-state index in [1.807, 2.05) is 12.3 Å². The highest BCUT2D eigenvalue weighted by Crippen LogP contribution is 2.20. The molecule has 0 aliphatic carbocycles. The predicted molar refractivity (Wildman–Crippen MR) is 111 cm³/mol. The fourth-order valence-electron chi connectivity index (χ4n) is 2.74. The van der Waals surface area contributed by atoms with Crippen LogP contribution in [0, 0.1) is 24.4 Å². The summed E-state index contributed by atoms with van der Waals surface area (Å²) in [5.41, 5.74) is 1.42. The average molecular weight is 448 g/mol. The van der Waals surface area contributed by atoms with Gasteiger partial charge in [-0.25, -0.2) is 18.2 Å². The lowest BCUT2D eigenvalue weighted by Crippen LogP contribution is -2.29. The molecule has 0 aliphatic heterocycles. The molecule has 1 unspecified atom stereocenters. The Hall–Kier alpha value is -3.17. The first-order valence-corrected chi connectivity index (χ1v) is 10.1. The lowest BCUT2D eigenvalue weighted by Gasteiger charge is -2.16. The van der Waals surface area contributed by atoms with Gasteiger partial charge in [0.05, 0.1) is 23.4 Å². The highest BCUT2D eigenvalue weighted by molar-refractivity contribution is 7.09. The number of hydrogen-bond donors (Lipinski definition) is 2. The van der Waals surface area contributed by atoms with E-state index < -0.39 is 36.0 Å². The monoisotopic (exact) mass is 448 g/mol. The summed E-state index contributed by atoms with van der Waals surface area (Å²) in [6.07, 6.45) is 2.73. The number of ether oxygens (including phenoxy) is 1. The van der Waals surface area contributed by atoms with Gasteiger partial charge in [0.2, 0.25) is 5.91 Å². The molecule has 0 fully saturated rings. The maximum Gasteiger partial charge on any atom is 0.244 e. The molecule has 0 aliphatic rings. The predicted octanol–water partition coefficient (Wildman–Crippen LogP) is 4.31. The van der Waals surface area contributed by atoms with Gasteiger partial charge in [0.25, 0.3) is 0 Å². The molecule has 0 bridgehead atoms. The topological polar surface area (TPSA) is 71.5 Å². The smallest absolute Gasteiger partial charge is 0.244 e. The highest BCUT2D eigenvalue weighted by atomic mass is 32.1. The molecule has 0 radical (unpaired) electrons. The van der Waals surface area contributed by atoms with E-state index in [1.54, 1.807) is 24.3 Å². The Balaban J connectivity index is 1.62. The average Bonchev–Trinajstić information content (AvgIpc) is 3.18. The maximum atomic E-state index is 13.4. The summed E-state index contributed by atoms with van der Waals surface area (Å²) < 4.78 is 45.6. The zero-order chi connectivity index (χ0) is 22.4. The van der Waals surface area contributed by atoms with Crippen LogP contribution in [-0.4, -0.2) is 22.6 Å². The number of nitrogens with zero attached hydrogens (tertiary/aromatic N) is 1. The summed E-state index contributed by atoms with van der Waals surface area (Å²) in [4.78, 5) is 16.5. The number of halogens is 3. The van der Waals surface area contributed by atoms with Crippen LogP contribution in [0.15, 0.2) is 47.9 Å². The Kier molecular flexibility index (Phi) is 7.43. The van der Waals surface area contributed by atoms with Gasteiger partial charge >= 0.3 is 0 Å². The molecule has 1 aromatic heterocycles. The van der Waals surface area contributed by atoms with E-state index in [1.165, 1.54) is 23.5 Å².